The van der Waals surface area contributed by atoms with E-state index in [0.29, 0.717) is 11.6 Å². The van der Waals surface area contributed by atoms with Crippen molar-refractivity contribution < 1.29 is 8.78 Å². The monoisotopic (exact) mass is 415 g/mol. The first-order valence-corrected chi connectivity index (χ1v) is 8.28. The Bertz CT molecular complexity index is 669. The first kappa shape index (κ1) is 15.0. The minimum Gasteiger partial charge on any atom is -0.380 e. The lowest BCUT2D eigenvalue weighted by molar-refractivity contribution is 0.372. The molecule has 0 spiro atoms. The number of benzene rings is 2. The molecule has 3 rings (SSSR count). The van der Waals surface area contributed by atoms with E-state index < -0.39 is 11.6 Å². The molecule has 0 unspecified atom stereocenters. The van der Waals surface area contributed by atoms with E-state index in [-0.39, 0.29) is 10.5 Å². The lowest BCUT2D eigenvalue weighted by atomic mass is 9.76. The summed E-state index contributed by atoms with van der Waals surface area (Å²) < 4.78 is 28.2. The number of anilines is 1. The van der Waals surface area contributed by atoms with Crippen LogP contribution in [0.4, 0.5) is 14.5 Å². The molecule has 0 heterocycles. The van der Waals surface area contributed by atoms with Gasteiger partial charge in [-0.3, -0.25) is 0 Å². The number of hydrogen-bond donors (Lipinski definition) is 1. The molecule has 2 aromatic carbocycles. The number of hydrogen-bond acceptors (Lipinski definition) is 1. The van der Waals surface area contributed by atoms with Crippen LogP contribution in [0.5, 0.6) is 0 Å². The van der Waals surface area contributed by atoms with Gasteiger partial charge in [0.25, 0.3) is 0 Å². The maximum Gasteiger partial charge on any atom is 0.149 e. The summed E-state index contributed by atoms with van der Waals surface area (Å²) >= 11 is 6.55. The van der Waals surface area contributed by atoms with Crippen LogP contribution in [-0.2, 0) is 0 Å². The molecule has 0 amide bonds. The summed E-state index contributed by atoms with van der Waals surface area (Å²) in [6, 6.07) is 10.8. The smallest absolute Gasteiger partial charge is 0.149 e. The molecule has 1 fully saturated rings. The molecule has 0 atom stereocenters. The second-order valence-electron chi connectivity index (χ2n) is 5.31. The molecule has 1 saturated carbocycles. The molecule has 0 aliphatic heterocycles. The summed E-state index contributed by atoms with van der Waals surface area (Å²) in [6.45, 7) is 0. The minimum atomic E-state index is -0.585. The van der Waals surface area contributed by atoms with E-state index >= 15 is 0 Å². The van der Waals surface area contributed by atoms with Gasteiger partial charge in [-0.05, 0) is 58.5 Å². The van der Waals surface area contributed by atoms with E-state index in [1.807, 2.05) is 12.1 Å². The fourth-order valence-electron chi connectivity index (χ4n) is 2.62. The SMILES string of the molecule is Fc1cc(F)c(NC2CC(c3cccc(Br)c3)C2)cc1Br. The number of nitrogens with one attached hydrogen (secondary N) is 1. The first-order chi connectivity index (χ1) is 10.0. The highest BCUT2D eigenvalue weighted by molar-refractivity contribution is 9.10. The van der Waals surface area contributed by atoms with Crippen molar-refractivity contribution in [2.24, 2.45) is 0 Å². The third-order valence-corrected chi connectivity index (χ3v) is 4.93. The van der Waals surface area contributed by atoms with E-state index in [4.69, 9.17) is 0 Å². The zero-order valence-corrected chi connectivity index (χ0v) is 14.2. The first-order valence-electron chi connectivity index (χ1n) is 6.69. The summed E-state index contributed by atoms with van der Waals surface area (Å²) in [5, 5.41) is 3.15. The molecule has 1 N–H and O–H groups in total. The maximum atomic E-state index is 13.7. The van der Waals surface area contributed by atoms with Gasteiger partial charge in [-0.15, -0.1) is 0 Å². The standard InChI is InChI=1S/C16H13Br2F2N/c17-11-3-1-2-9(4-11)10-5-12(6-10)21-16-7-13(18)14(19)8-15(16)20/h1-4,7-8,10,12,21H,5-6H2. The van der Waals surface area contributed by atoms with Crippen molar-refractivity contribution in [3.05, 3.63) is 62.5 Å². The van der Waals surface area contributed by atoms with Crippen molar-refractivity contribution in [1.29, 1.82) is 0 Å². The average Bonchev–Trinajstić information content (AvgIpc) is 2.39. The van der Waals surface area contributed by atoms with Crippen LogP contribution in [0.15, 0.2) is 45.3 Å². The molecule has 0 aromatic heterocycles. The van der Waals surface area contributed by atoms with E-state index in [2.05, 4.69) is 49.3 Å². The Kier molecular flexibility index (Phi) is 4.31. The molecule has 0 bridgehead atoms. The third-order valence-electron chi connectivity index (χ3n) is 3.83. The van der Waals surface area contributed by atoms with E-state index in [9.17, 15) is 8.78 Å². The normalized spacial score (nSPS) is 21.0. The van der Waals surface area contributed by atoms with E-state index in [0.717, 1.165) is 23.4 Å². The van der Waals surface area contributed by atoms with Gasteiger partial charge in [0.2, 0.25) is 0 Å². The lowest BCUT2D eigenvalue weighted by Gasteiger charge is -2.37. The van der Waals surface area contributed by atoms with Gasteiger partial charge in [0, 0.05) is 16.6 Å². The fourth-order valence-corrected chi connectivity index (χ4v) is 3.38. The molecule has 1 nitrogen and oxygen atoms in total. The quantitative estimate of drug-likeness (QED) is 0.619. The second-order valence-corrected chi connectivity index (χ2v) is 7.08. The zero-order chi connectivity index (χ0) is 15.0. The molecule has 0 radical (unpaired) electrons. The van der Waals surface area contributed by atoms with Crippen LogP contribution in [-0.4, -0.2) is 6.04 Å². The van der Waals surface area contributed by atoms with Crippen molar-refractivity contribution >= 4 is 37.5 Å². The van der Waals surface area contributed by atoms with Gasteiger partial charge < -0.3 is 5.32 Å². The Morgan fingerprint density at radius 3 is 2.48 bits per heavy atom. The van der Waals surface area contributed by atoms with Crippen LogP contribution in [0.2, 0.25) is 0 Å². The topological polar surface area (TPSA) is 12.0 Å². The molecule has 1 aliphatic rings. The zero-order valence-electron chi connectivity index (χ0n) is 11.0. The van der Waals surface area contributed by atoms with Crippen LogP contribution < -0.4 is 5.32 Å². The predicted octanol–water partition coefficient (Wildman–Crippen LogP) is 5.85. The Labute approximate surface area is 139 Å². The van der Waals surface area contributed by atoms with Crippen LogP contribution in [0.3, 0.4) is 0 Å². The minimum absolute atomic E-state index is 0.223. The molecule has 110 valence electrons. The van der Waals surface area contributed by atoms with Crippen molar-refractivity contribution in [3.8, 4) is 0 Å². The number of halogens is 4. The van der Waals surface area contributed by atoms with Gasteiger partial charge in [-0.2, -0.15) is 0 Å². The van der Waals surface area contributed by atoms with Gasteiger partial charge in [0.15, 0.2) is 0 Å². The summed E-state index contributed by atoms with van der Waals surface area (Å²) in [7, 11) is 0. The van der Waals surface area contributed by atoms with Crippen LogP contribution in [0, 0.1) is 11.6 Å². The van der Waals surface area contributed by atoms with Crippen LogP contribution >= 0.6 is 31.9 Å². The van der Waals surface area contributed by atoms with Gasteiger partial charge in [-0.25, -0.2) is 8.78 Å². The molecule has 21 heavy (non-hydrogen) atoms. The lowest BCUT2D eigenvalue weighted by Crippen LogP contribution is -2.34. The Morgan fingerprint density at radius 2 is 1.76 bits per heavy atom. The molecule has 2 aromatic rings. The maximum absolute atomic E-state index is 13.7. The fraction of sp³-hybridized carbons (Fsp3) is 0.250. The highest BCUT2D eigenvalue weighted by atomic mass is 79.9. The molecular formula is C16H13Br2F2N. The summed E-state index contributed by atoms with van der Waals surface area (Å²) in [5.41, 5.74) is 1.64. The van der Waals surface area contributed by atoms with Crippen molar-refractivity contribution in [1.82, 2.24) is 0 Å². The molecule has 5 heteroatoms. The molecule has 0 saturated heterocycles. The largest absolute Gasteiger partial charge is 0.380 e. The van der Waals surface area contributed by atoms with Crippen LogP contribution in [0.1, 0.15) is 24.3 Å². The van der Waals surface area contributed by atoms with Gasteiger partial charge in [0.1, 0.15) is 11.6 Å². The Morgan fingerprint density at radius 1 is 1.00 bits per heavy atom. The van der Waals surface area contributed by atoms with Crippen molar-refractivity contribution in [2.75, 3.05) is 5.32 Å². The van der Waals surface area contributed by atoms with Crippen LogP contribution in [0.25, 0.3) is 0 Å². The predicted molar refractivity (Wildman–Crippen MR) is 87.6 cm³/mol. The van der Waals surface area contributed by atoms with Crippen molar-refractivity contribution in [3.63, 3.8) is 0 Å². The van der Waals surface area contributed by atoms with Crippen molar-refractivity contribution in [2.45, 2.75) is 24.8 Å². The Hall–Kier alpha value is -0.940. The van der Waals surface area contributed by atoms with E-state index in [1.54, 1.807) is 0 Å². The third kappa shape index (κ3) is 3.29. The summed E-state index contributed by atoms with van der Waals surface area (Å²) in [6.07, 6.45) is 1.90. The van der Waals surface area contributed by atoms with Gasteiger partial charge in [-0.1, -0.05) is 28.1 Å². The number of rotatable bonds is 3. The van der Waals surface area contributed by atoms with E-state index in [1.165, 1.54) is 11.6 Å². The average molecular weight is 417 g/mol. The second kappa shape index (κ2) is 6.05. The Balaban J connectivity index is 1.64. The highest BCUT2D eigenvalue weighted by Gasteiger charge is 2.30. The van der Waals surface area contributed by atoms with Gasteiger partial charge >= 0.3 is 0 Å². The summed E-state index contributed by atoms with van der Waals surface area (Å²) in [5.74, 6) is -0.646. The molecule has 1 aliphatic carbocycles. The highest BCUT2D eigenvalue weighted by Crippen LogP contribution is 2.39. The molecular weight excluding hydrogens is 404 g/mol. The summed E-state index contributed by atoms with van der Waals surface area (Å²) in [4.78, 5) is 0. The van der Waals surface area contributed by atoms with Gasteiger partial charge in [0.05, 0.1) is 10.2 Å².